The number of aliphatic hydroxyl groups excluding tert-OH is 1. The summed E-state index contributed by atoms with van der Waals surface area (Å²) < 4.78 is 5.46. The molecule has 0 aromatic carbocycles. The maximum atomic E-state index is 12.5. The quantitative estimate of drug-likeness (QED) is 0.778. The molecule has 2 atom stereocenters. The van der Waals surface area contributed by atoms with Crippen molar-refractivity contribution >= 4 is 5.91 Å². The van der Waals surface area contributed by atoms with Crippen molar-refractivity contribution in [1.29, 1.82) is 0 Å². The van der Waals surface area contributed by atoms with Crippen LogP contribution in [-0.2, 0) is 9.53 Å². The molecule has 2 aliphatic rings. The van der Waals surface area contributed by atoms with Crippen molar-refractivity contribution in [2.75, 3.05) is 7.11 Å². The molecule has 0 aromatic heterocycles. The molecule has 0 bridgehead atoms. The summed E-state index contributed by atoms with van der Waals surface area (Å²) in [6.07, 6.45) is 3.90. The monoisotopic (exact) mass is 255 g/mol. The van der Waals surface area contributed by atoms with Crippen molar-refractivity contribution in [3.63, 3.8) is 0 Å². The van der Waals surface area contributed by atoms with Crippen LogP contribution >= 0.6 is 0 Å². The number of ether oxygens (including phenoxy) is 1. The zero-order valence-electron chi connectivity index (χ0n) is 11.9. The summed E-state index contributed by atoms with van der Waals surface area (Å²) in [6.45, 7) is 5.88. The summed E-state index contributed by atoms with van der Waals surface area (Å²) >= 11 is 0. The van der Waals surface area contributed by atoms with E-state index in [4.69, 9.17) is 4.74 Å². The van der Waals surface area contributed by atoms with Gasteiger partial charge in [0.2, 0.25) is 0 Å². The number of carbonyl (C=O) groups excluding carboxylic acids is 1. The molecule has 0 aromatic rings. The lowest BCUT2D eigenvalue weighted by Gasteiger charge is -2.42. The van der Waals surface area contributed by atoms with E-state index in [0.717, 1.165) is 25.7 Å². The van der Waals surface area contributed by atoms with Crippen molar-refractivity contribution < 1.29 is 14.6 Å². The molecule has 4 nitrogen and oxygen atoms in total. The van der Waals surface area contributed by atoms with Crippen molar-refractivity contribution in [2.45, 2.75) is 70.7 Å². The second-order valence-corrected chi connectivity index (χ2v) is 6.66. The number of carbonyl (C=O) groups is 1. The van der Waals surface area contributed by atoms with E-state index in [1.54, 1.807) is 12.0 Å². The smallest absolute Gasteiger partial charge is 0.254 e. The van der Waals surface area contributed by atoms with Crippen LogP contribution in [0, 0.1) is 5.41 Å². The molecular formula is C14H25NO3. The first-order chi connectivity index (χ1) is 8.34. The number of hydrogen-bond acceptors (Lipinski definition) is 3. The number of rotatable bonds is 1. The molecule has 1 spiro atoms. The molecule has 4 heteroatoms. The van der Waals surface area contributed by atoms with Gasteiger partial charge in [-0.2, -0.15) is 0 Å². The normalized spacial score (nSPS) is 32.3. The Balaban J connectivity index is 2.38. The average Bonchev–Trinajstić information content (AvgIpc) is 2.48. The molecule has 1 amide bonds. The molecular weight excluding hydrogens is 230 g/mol. The molecule has 1 aliphatic carbocycles. The van der Waals surface area contributed by atoms with Gasteiger partial charge in [0, 0.05) is 12.6 Å². The summed E-state index contributed by atoms with van der Waals surface area (Å²) in [5.41, 5.74) is -0.758. The third kappa shape index (κ3) is 1.86. The van der Waals surface area contributed by atoms with E-state index >= 15 is 0 Å². The average molecular weight is 255 g/mol. The lowest BCUT2D eigenvalue weighted by atomic mass is 9.70. The zero-order valence-corrected chi connectivity index (χ0v) is 11.9. The van der Waals surface area contributed by atoms with Gasteiger partial charge in [-0.25, -0.2) is 0 Å². The van der Waals surface area contributed by atoms with Crippen molar-refractivity contribution in [2.24, 2.45) is 5.41 Å². The van der Waals surface area contributed by atoms with Crippen LogP contribution in [-0.4, -0.2) is 40.9 Å². The highest BCUT2D eigenvalue weighted by atomic mass is 16.5. The first-order valence-electron chi connectivity index (χ1n) is 6.88. The summed E-state index contributed by atoms with van der Waals surface area (Å²) in [4.78, 5) is 14.1. The van der Waals surface area contributed by atoms with Gasteiger partial charge in [-0.1, -0.05) is 19.3 Å². The number of nitrogens with zero attached hydrogens (tertiary/aromatic N) is 1. The highest BCUT2D eigenvalue weighted by Crippen LogP contribution is 2.50. The maximum absolute atomic E-state index is 12.5. The van der Waals surface area contributed by atoms with E-state index in [0.29, 0.717) is 0 Å². The van der Waals surface area contributed by atoms with E-state index in [9.17, 15) is 9.90 Å². The molecule has 1 saturated heterocycles. The fraction of sp³-hybridized carbons (Fsp3) is 0.929. The second-order valence-electron chi connectivity index (χ2n) is 6.66. The van der Waals surface area contributed by atoms with Crippen LogP contribution in [0.25, 0.3) is 0 Å². The van der Waals surface area contributed by atoms with Crippen LogP contribution < -0.4 is 0 Å². The largest absolute Gasteiger partial charge is 0.373 e. The van der Waals surface area contributed by atoms with Gasteiger partial charge in [0.05, 0.1) is 5.41 Å². The summed E-state index contributed by atoms with van der Waals surface area (Å²) in [6, 6.07) is 0. The van der Waals surface area contributed by atoms with Gasteiger partial charge in [-0.15, -0.1) is 0 Å². The number of aliphatic hydroxyl groups is 1. The van der Waals surface area contributed by atoms with Crippen LogP contribution in [0.15, 0.2) is 0 Å². The predicted molar refractivity (Wildman–Crippen MR) is 68.9 cm³/mol. The lowest BCUT2D eigenvalue weighted by molar-refractivity contribution is -0.145. The van der Waals surface area contributed by atoms with E-state index in [-0.39, 0.29) is 11.4 Å². The Bertz CT molecular complexity index is 328. The fourth-order valence-corrected chi connectivity index (χ4v) is 3.65. The van der Waals surface area contributed by atoms with Crippen molar-refractivity contribution in [3.05, 3.63) is 0 Å². The van der Waals surface area contributed by atoms with Crippen LogP contribution in [0.3, 0.4) is 0 Å². The Morgan fingerprint density at radius 2 is 1.83 bits per heavy atom. The van der Waals surface area contributed by atoms with Gasteiger partial charge in [-0.05, 0) is 33.6 Å². The number of likely N-dealkylation sites (tertiary alicyclic amines) is 1. The van der Waals surface area contributed by atoms with E-state index in [1.807, 2.05) is 20.8 Å². The minimum atomic E-state index is -0.713. The first kappa shape index (κ1) is 13.8. The SMILES string of the molecule is CO[C@@H]1C(=O)N(C(C)(C)C)[C@H](O)C12CCCCC2. The Kier molecular flexibility index (Phi) is 3.45. The molecule has 1 aliphatic heterocycles. The van der Waals surface area contributed by atoms with Gasteiger partial charge in [0.1, 0.15) is 12.3 Å². The standard InChI is InChI=1S/C14H25NO3/c1-13(2,3)15-11(16)10(18-4)14(12(15)17)8-6-5-7-9-14/h10,12,17H,5-9H2,1-4H3/t10-,12-/m1/s1. The molecule has 1 saturated carbocycles. The van der Waals surface area contributed by atoms with Gasteiger partial charge < -0.3 is 14.7 Å². The molecule has 1 N–H and O–H groups in total. The number of methoxy groups -OCH3 is 1. The molecule has 2 fully saturated rings. The molecule has 18 heavy (non-hydrogen) atoms. The Hall–Kier alpha value is -0.610. The minimum Gasteiger partial charge on any atom is -0.373 e. The Labute approximate surface area is 109 Å². The van der Waals surface area contributed by atoms with Crippen LogP contribution in [0.2, 0.25) is 0 Å². The van der Waals surface area contributed by atoms with Gasteiger partial charge in [0.15, 0.2) is 0 Å². The summed E-state index contributed by atoms with van der Waals surface area (Å²) in [7, 11) is 1.58. The summed E-state index contributed by atoms with van der Waals surface area (Å²) in [5.74, 6) is -0.0561. The van der Waals surface area contributed by atoms with Crippen LogP contribution in [0.5, 0.6) is 0 Å². The van der Waals surface area contributed by atoms with E-state index < -0.39 is 17.7 Å². The summed E-state index contributed by atoms with van der Waals surface area (Å²) in [5, 5.41) is 10.7. The predicted octanol–water partition coefficient (Wildman–Crippen LogP) is 1.91. The van der Waals surface area contributed by atoms with E-state index in [2.05, 4.69) is 0 Å². The maximum Gasteiger partial charge on any atom is 0.254 e. The molecule has 0 unspecified atom stereocenters. The second kappa shape index (κ2) is 4.49. The van der Waals surface area contributed by atoms with E-state index in [1.165, 1.54) is 6.42 Å². The highest BCUT2D eigenvalue weighted by molar-refractivity contribution is 5.85. The topological polar surface area (TPSA) is 49.8 Å². The third-order valence-electron chi connectivity index (χ3n) is 4.49. The van der Waals surface area contributed by atoms with Crippen LogP contribution in [0.1, 0.15) is 52.9 Å². The number of hydrogen-bond donors (Lipinski definition) is 1. The number of amides is 1. The Morgan fingerprint density at radius 1 is 1.28 bits per heavy atom. The first-order valence-corrected chi connectivity index (χ1v) is 6.88. The molecule has 1 heterocycles. The van der Waals surface area contributed by atoms with Gasteiger partial charge in [-0.3, -0.25) is 4.79 Å². The van der Waals surface area contributed by atoms with Crippen LogP contribution in [0.4, 0.5) is 0 Å². The van der Waals surface area contributed by atoms with Crippen molar-refractivity contribution in [1.82, 2.24) is 4.90 Å². The molecule has 0 radical (unpaired) electrons. The minimum absolute atomic E-state index is 0.0561. The molecule has 104 valence electrons. The highest BCUT2D eigenvalue weighted by Gasteiger charge is 2.61. The van der Waals surface area contributed by atoms with Gasteiger partial charge in [0.25, 0.3) is 5.91 Å². The lowest BCUT2D eigenvalue weighted by Crippen LogP contribution is -2.50. The fourth-order valence-electron chi connectivity index (χ4n) is 3.65. The van der Waals surface area contributed by atoms with Gasteiger partial charge >= 0.3 is 0 Å². The third-order valence-corrected chi connectivity index (χ3v) is 4.49. The Morgan fingerprint density at radius 3 is 2.28 bits per heavy atom. The zero-order chi connectivity index (χ0) is 13.6. The molecule has 2 rings (SSSR count). The van der Waals surface area contributed by atoms with Crippen molar-refractivity contribution in [3.8, 4) is 0 Å².